The second-order valence-electron chi connectivity index (χ2n) is 6.64. The average Bonchev–Trinajstić information content (AvgIpc) is 3.30. The van der Waals surface area contributed by atoms with Crippen LogP contribution in [-0.4, -0.2) is 41.0 Å². The largest absolute Gasteiger partial charge is 0.457 e. The fraction of sp³-hybridized carbons (Fsp3) is 0.238. The summed E-state index contributed by atoms with van der Waals surface area (Å²) in [5, 5.41) is 5.77. The molecule has 0 atom stereocenters. The third kappa shape index (κ3) is 4.60. The van der Waals surface area contributed by atoms with Gasteiger partial charge in [-0.2, -0.15) is 4.98 Å². The van der Waals surface area contributed by atoms with Gasteiger partial charge in [0, 0.05) is 44.3 Å². The minimum Gasteiger partial charge on any atom is -0.457 e. The van der Waals surface area contributed by atoms with Gasteiger partial charge in [0.1, 0.15) is 23.0 Å². The van der Waals surface area contributed by atoms with E-state index in [0.29, 0.717) is 23.1 Å². The summed E-state index contributed by atoms with van der Waals surface area (Å²) in [6.45, 7) is 2.08. The number of aromatic nitrogens is 3. The van der Waals surface area contributed by atoms with E-state index in [1.165, 1.54) is 12.8 Å². The first kappa shape index (κ1) is 18.7. The van der Waals surface area contributed by atoms with Crippen LogP contribution < -0.4 is 20.3 Å². The van der Waals surface area contributed by atoms with Crippen LogP contribution in [0.2, 0.25) is 0 Å². The van der Waals surface area contributed by atoms with Crippen LogP contribution in [0.1, 0.15) is 23.3 Å². The number of ether oxygens (including phenoxy) is 1. The zero-order valence-electron chi connectivity index (χ0n) is 16.1. The Morgan fingerprint density at radius 2 is 1.76 bits per heavy atom. The third-order valence-electron chi connectivity index (χ3n) is 4.61. The summed E-state index contributed by atoms with van der Waals surface area (Å²) in [7, 11) is 1.56. The number of benzene rings is 1. The number of hydrogen-bond acceptors (Lipinski definition) is 7. The van der Waals surface area contributed by atoms with E-state index in [0.717, 1.165) is 24.6 Å². The Morgan fingerprint density at radius 1 is 1.00 bits per heavy atom. The molecule has 1 saturated heterocycles. The van der Waals surface area contributed by atoms with Crippen molar-refractivity contribution in [1.82, 2.24) is 20.3 Å². The van der Waals surface area contributed by atoms with E-state index in [9.17, 15) is 4.79 Å². The van der Waals surface area contributed by atoms with Crippen molar-refractivity contribution in [1.29, 1.82) is 0 Å². The first-order valence-electron chi connectivity index (χ1n) is 9.52. The van der Waals surface area contributed by atoms with E-state index >= 15 is 0 Å². The molecule has 0 aliphatic carbocycles. The molecule has 0 radical (unpaired) electrons. The van der Waals surface area contributed by atoms with Gasteiger partial charge >= 0.3 is 0 Å². The zero-order valence-corrected chi connectivity index (χ0v) is 16.1. The Morgan fingerprint density at radius 3 is 2.52 bits per heavy atom. The van der Waals surface area contributed by atoms with Gasteiger partial charge in [0.15, 0.2) is 0 Å². The van der Waals surface area contributed by atoms with Gasteiger partial charge in [-0.1, -0.05) is 0 Å². The van der Waals surface area contributed by atoms with Gasteiger partial charge in [-0.05, 0) is 49.2 Å². The lowest BCUT2D eigenvalue weighted by Gasteiger charge is -2.16. The fourth-order valence-electron chi connectivity index (χ4n) is 3.13. The summed E-state index contributed by atoms with van der Waals surface area (Å²) in [4.78, 5) is 26.9. The molecule has 1 aromatic carbocycles. The topological polar surface area (TPSA) is 92.3 Å². The highest BCUT2D eigenvalue weighted by molar-refractivity contribution is 5.92. The van der Waals surface area contributed by atoms with Crippen molar-refractivity contribution in [2.24, 2.45) is 0 Å². The smallest absolute Gasteiger partial charge is 0.269 e. The maximum absolute atomic E-state index is 11.7. The van der Waals surface area contributed by atoms with Gasteiger partial charge < -0.3 is 20.3 Å². The van der Waals surface area contributed by atoms with E-state index in [1.54, 1.807) is 31.6 Å². The monoisotopic (exact) mass is 390 g/mol. The van der Waals surface area contributed by atoms with Crippen molar-refractivity contribution in [2.75, 3.05) is 30.4 Å². The van der Waals surface area contributed by atoms with Crippen molar-refractivity contribution in [3.63, 3.8) is 0 Å². The molecule has 1 amide bonds. The molecule has 3 aromatic rings. The molecule has 1 aliphatic rings. The van der Waals surface area contributed by atoms with Gasteiger partial charge in [0.2, 0.25) is 5.95 Å². The van der Waals surface area contributed by atoms with Gasteiger partial charge in [0.25, 0.3) is 5.91 Å². The minimum absolute atomic E-state index is 0.258. The summed E-state index contributed by atoms with van der Waals surface area (Å²) in [5.41, 5.74) is 1.16. The Bertz CT molecular complexity index is 986. The van der Waals surface area contributed by atoms with E-state index in [4.69, 9.17) is 4.74 Å². The molecule has 0 saturated carbocycles. The van der Waals surface area contributed by atoms with Crippen LogP contribution in [0.3, 0.4) is 0 Å². The lowest BCUT2D eigenvalue weighted by atomic mass is 10.3. The molecular weight excluding hydrogens is 368 g/mol. The Hall–Kier alpha value is -3.68. The molecule has 0 spiro atoms. The lowest BCUT2D eigenvalue weighted by Crippen LogP contribution is -2.19. The molecule has 2 aromatic heterocycles. The number of pyridine rings is 1. The first-order chi connectivity index (χ1) is 14.2. The van der Waals surface area contributed by atoms with E-state index in [2.05, 4.69) is 30.5 Å². The molecule has 2 N–H and O–H groups in total. The lowest BCUT2D eigenvalue weighted by molar-refractivity contribution is 0.0958. The highest BCUT2D eigenvalue weighted by atomic mass is 16.5. The molecule has 148 valence electrons. The van der Waals surface area contributed by atoms with Gasteiger partial charge in [0.05, 0.1) is 0 Å². The van der Waals surface area contributed by atoms with E-state index in [-0.39, 0.29) is 5.91 Å². The second-order valence-corrected chi connectivity index (χ2v) is 6.64. The number of nitrogens with zero attached hydrogens (tertiary/aromatic N) is 4. The molecule has 3 heterocycles. The maximum atomic E-state index is 11.7. The molecule has 1 aliphatic heterocycles. The summed E-state index contributed by atoms with van der Waals surface area (Å²) in [6, 6.07) is 12.7. The average molecular weight is 390 g/mol. The zero-order chi connectivity index (χ0) is 20.1. The van der Waals surface area contributed by atoms with Crippen LogP contribution in [-0.2, 0) is 0 Å². The summed E-state index contributed by atoms with van der Waals surface area (Å²) in [5.74, 6) is 2.44. The second kappa shape index (κ2) is 8.55. The number of anilines is 3. The number of nitrogens with one attached hydrogen (secondary N) is 2. The van der Waals surface area contributed by atoms with Crippen molar-refractivity contribution in [2.45, 2.75) is 12.8 Å². The van der Waals surface area contributed by atoms with Gasteiger partial charge in [-0.15, -0.1) is 0 Å². The molecule has 8 nitrogen and oxygen atoms in total. The summed E-state index contributed by atoms with van der Waals surface area (Å²) in [6.07, 6.45) is 5.72. The van der Waals surface area contributed by atoms with Gasteiger partial charge in [-0.25, -0.2) is 4.98 Å². The molecule has 8 heteroatoms. The van der Waals surface area contributed by atoms with Crippen molar-refractivity contribution < 1.29 is 9.53 Å². The van der Waals surface area contributed by atoms with E-state index in [1.807, 2.05) is 30.3 Å². The third-order valence-corrected chi connectivity index (χ3v) is 4.61. The van der Waals surface area contributed by atoms with Crippen molar-refractivity contribution in [3.8, 4) is 11.5 Å². The Balaban J connectivity index is 1.42. The number of amides is 1. The molecule has 0 unspecified atom stereocenters. The molecule has 0 bridgehead atoms. The highest BCUT2D eigenvalue weighted by Crippen LogP contribution is 2.25. The quantitative estimate of drug-likeness (QED) is 0.667. The number of carbonyl (C=O) groups is 1. The number of rotatable bonds is 6. The van der Waals surface area contributed by atoms with Crippen molar-refractivity contribution >= 4 is 23.4 Å². The van der Waals surface area contributed by atoms with Crippen LogP contribution in [0.5, 0.6) is 11.5 Å². The molecule has 1 fully saturated rings. The van der Waals surface area contributed by atoms with Crippen LogP contribution in [0, 0.1) is 0 Å². The van der Waals surface area contributed by atoms with Crippen LogP contribution in [0.4, 0.5) is 17.5 Å². The minimum atomic E-state index is -0.258. The molecular formula is C21H22N6O2. The standard InChI is InChI=1S/C21H22N6O2/c1-22-20(28)18-14-17(8-10-23-18)29-16-6-4-15(5-7-16)25-21-24-11-9-19(26-21)27-12-2-3-13-27/h4-11,14H,2-3,12-13H2,1H3,(H,22,28)(H,24,25,26). The van der Waals surface area contributed by atoms with E-state index < -0.39 is 0 Å². The van der Waals surface area contributed by atoms with Crippen LogP contribution >= 0.6 is 0 Å². The normalized spacial score (nSPS) is 13.2. The number of carbonyl (C=O) groups excluding carboxylic acids is 1. The predicted octanol–water partition coefficient (Wildman–Crippen LogP) is 3.37. The van der Waals surface area contributed by atoms with Crippen LogP contribution in [0.25, 0.3) is 0 Å². The van der Waals surface area contributed by atoms with Gasteiger partial charge in [-0.3, -0.25) is 9.78 Å². The Labute approximate surface area is 169 Å². The highest BCUT2D eigenvalue weighted by Gasteiger charge is 2.14. The predicted molar refractivity (Wildman–Crippen MR) is 111 cm³/mol. The summed E-state index contributed by atoms with van der Waals surface area (Å²) >= 11 is 0. The SMILES string of the molecule is CNC(=O)c1cc(Oc2ccc(Nc3nccc(N4CCCC4)n3)cc2)ccn1. The maximum Gasteiger partial charge on any atom is 0.269 e. The summed E-state index contributed by atoms with van der Waals surface area (Å²) < 4.78 is 5.82. The molecule has 4 rings (SSSR count). The first-order valence-corrected chi connectivity index (χ1v) is 9.52. The molecule has 29 heavy (non-hydrogen) atoms. The van der Waals surface area contributed by atoms with Crippen LogP contribution in [0.15, 0.2) is 54.9 Å². The Kier molecular flexibility index (Phi) is 5.51. The fourth-order valence-corrected chi connectivity index (χ4v) is 3.13. The van der Waals surface area contributed by atoms with Crippen molar-refractivity contribution in [3.05, 3.63) is 60.6 Å². The number of hydrogen-bond donors (Lipinski definition) is 2.